The molecule has 0 fully saturated rings. The van der Waals surface area contributed by atoms with E-state index in [0.29, 0.717) is 13.0 Å². The van der Waals surface area contributed by atoms with Gasteiger partial charge in [-0.25, -0.2) is 8.78 Å². The minimum Gasteiger partial charge on any atom is -0.396 e. The summed E-state index contributed by atoms with van der Waals surface area (Å²) in [6.07, 6.45) is -1.72. The van der Waals surface area contributed by atoms with Gasteiger partial charge in [-0.15, -0.1) is 0 Å². The lowest BCUT2D eigenvalue weighted by atomic mass is 10.4. The van der Waals surface area contributed by atoms with Crippen molar-refractivity contribution in [3.63, 3.8) is 0 Å². The molecular weight excluding hydrogens is 140 g/mol. The van der Waals surface area contributed by atoms with E-state index in [1.54, 1.807) is 7.05 Å². The topological polar surface area (TPSA) is 23.5 Å². The Hall–Kier alpha value is -0.220. The zero-order chi connectivity index (χ0) is 7.98. The second-order valence-electron chi connectivity index (χ2n) is 2.23. The Labute approximate surface area is 59.4 Å². The fraction of sp³-hybridized carbons (Fsp3) is 1.00. The van der Waals surface area contributed by atoms with E-state index in [-0.39, 0.29) is 13.2 Å². The van der Waals surface area contributed by atoms with Crippen molar-refractivity contribution in [2.24, 2.45) is 0 Å². The van der Waals surface area contributed by atoms with Crippen LogP contribution in [0.5, 0.6) is 0 Å². The number of aliphatic hydroxyl groups is 1. The molecule has 0 saturated heterocycles. The first-order valence-corrected chi connectivity index (χ1v) is 3.24. The van der Waals surface area contributed by atoms with Crippen molar-refractivity contribution >= 4 is 0 Å². The molecule has 0 aliphatic heterocycles. The second-order valence-corrected chi connectivity index (χ2v) is 2.23. The molecule has 0 heterocycles. The Balaban J connectivity index is 3.16. The zero-order valence-electron chi connectivity index (χ0n) is 6.06. The molecular formula is C6H13F2NO. The second kappa shape index (κ2) is 5.56. The number of hydrogen-bond donors (Lipinski definition) is 1. The maximum absolute atomic E-state index is 11.6. The van der Waals surface area contributed by atoms with Gasteiger partial charge in [-0.05, 0) is 13.5 Å². The SMILES string of the molecule is CN(CCCO)CC(F)F. The van der Waals surface area contributed by atoms with Crippen molar-refractivity contribution < 1.29 is 13.9 Å². The number of rotatable bonds is 5. The summed E-state index contributed by atoms with van der Waals surface area (Å²) < 4.78 is 23.2. The number of nitrogens with zero attached hydrogens (tertiary/aromatic N) is 1. The van der Waals surface area contributed by atoms with E-state index in [1.165, 1.54) is 4.90 Å². The Morgan fingerprint density at radius 2 is 2.10 bits per heavy atom. The van der Waals surface area contributed by atoms with Crippen LogP contribution in [0, 0.1) is 0 Å². The standard InChI is InChI=1S/C6H13F2NO/c1-9(3-2-4-10)5-6(7)8/h6,10H,2-5H2,1H3. The van der Waals surface area contributed by atoms with Crippen LogP contribution >= 0.6 is 0 Å². The van der Waals surface area contributed by atoms with Crippen LogP contribution in [0.2, 0.25) is 0 Å². The van der Waals surface area contributed by atoms with E-state index in [9.17, 15) is 8.78 Å². The fourth-order valence-electron chi connectivity index (χ4n) is 0.668. The van der Waals surface area contributed by atoms with Gasteiger partial charge in [0.15, 0.2) is 0 Å². The highest BCUT2D eigenvalue weighted by atomic mass is 19.3. The third-order valence-electron chi connectivity index (χ3n) is 1.15. The molecule has 0 aromatic carbocycles. The number of hydrogen-bond acceptors (Lipinski definition) is 2. The average molecular weight is 153 g/mol. The molecule has 0 aromatic rings. The maximum Gasteiger partial charge on any atom is 0.251 e. The highest BCUT2D eigenvalue weighted by Crippen LogP contribution is 1.95. The van der Waals surface area contributed by atoms with Crippen LogP contribution in [-0.4, -0.2) is 43.2 Å². The molecule has 0 unspecified atom stereocenters. The Morgan fingerprint density at radius 1 is 1.50 bits per heavy atom. The quantitative estimate of drug-likeness (QED) is 0.624. The molecule has 0 aromatic heterocycles. The predicted octanol–water partition coefficient (Wildman–Crippen LogP) is 0.566. The third-order valence-corrected chi connectivity index (χ3v) is 1.15. The van der Waals surface area contributed by atoms with Gasteiger partial charge in [-0.1, -0.05) is 0 Å². The van der Waals surface area contributed by atoms with Crippen molar-refractivity contribution in [3.05, 3.63) is 0 Å². The van der Waals surface area contributed by atoms with Gasteiger partial charge in [-0.2, -0.15) is 0 Å². The van der Waals surface area contributed by atoms with E-state index in [0.717, 1.165) is 0 Å². The normalized spacial score (nSPS) is 11.4. The number of aliphatic hydroxyl groups excluding tert-OH is 1. The molecule has 1 N–H and O–H groups in total. The lowest BCUT2D eigenvalue weighted by Gasteiger charge is -2.14. The van der Waals surface area contributed by atoms with Crippen LogP contribution in [0.25, 0.3) is 0 Å². The first-order chi connectivity index (χ1) is 4.66. The van der Waals surface area contributed by atoms with Gasteiger partial charge in [0.05, 0.1) is 6.54 Å². The molecule has 0 saturated carbocycles. The molecule has 0 spiro atoms. The Morgan fingerprint density at radius 3 is 2.50 bits per heavy atom. The molecule has 2 nitrogen and oxygen atoms in total. The predicted molar refractivity (Wildman–Crippen MR) is 35.2 cm³/mol. The van der Waals surface area contributed by atoms with Crippen LogP contribution in [0.4, 0.5) is 8.78 Å². The summed E-state index contributed by atoms with van der Waals surface area (Å²) in [7, 11) is 1.61. The van der Waals surface area contributed by atoms with Crippen molar-refractivity contribution in [1.29, 1.82) is 0 Å². The zero-order valence-corrected chi connectivity index (χ0v) is 6.06. The molecule has 0 aliphatic carbocycles. The summed E-state index contributed by atoms with van der Waals surface area (Å²) in [5, 5.41) is 8.34. The van der Waals surface area contributed by atoms with Gasteiger partial charge >= 0.3 is 0 Å². The van der Waals surface area contributed by atoms with E-state index in [2.05, 4.69) is 0 Å². The Bertz CT molecular complexity index is 80.1. The summed E-state index contributed by atoms with van der Waals surface area (Å²) in [6, 6.07) is 0. The van der Waals surface area contributed by atoms with E-state index >= 15 is 0 Å². The average Bonchev–Trinajstić information content (AvgIpc) is 1.82. The van der Waals surface area contributed by atoms with Crippen molar-refractivity contribution in [2.45, 2.75) is 12.8 Å². The van der Waals surface area contributed by atoms with Gasteiger partial charge in [0, 0.05) is 13.2 Å². The molecule has 62 valence electrons. The number of alkyl halides is 2. The van der Waals surface area contributed by atoms with Crippen LogP contribution in [-0.2, 0) is 0 Å². The monoisotopic (exact) mass is 153 g/mol. The largest absolute Gasteiger partial charge is 0.396 e. The molecule has 0 rings (SSSR count). The highest BCUT2D eigenvalue weighted by molar-refractivity contribution is 4.51. The van der Waals surface area contributed by atoms with Crippen LogP contribution < -0.4 is 0 Å². The highest BCUT2D eigenvalue weighted by Gasteiger charge is 2.05. The molecule has 10 heavy (non-hydrogen) atoms. The number of halogens is 2. The summed E-state index contributed by atoms with van der Waals surface area (Å²) in [4.78, 5) is 1.50. The van der Waals surface area contributed by atoms with Crippen LogP contribution in [0.1, 0.15) is 6.42 Å². The summed E-state index contributed by atoms with van der Waals surface area (Å²) in [6.45, 7) is 0.383. The smallest absolute Gasteiger partial charge is 0.251 e. The van der Waals surface area contributed by atoms with E-state index in [4.69, 9.17) is 5.11 Å². The summed E-state index contributed by atoms with van der Waals surface area (Å²) >= 11 is 0. The maximum atomic E-state index is 11.6. The summed E-state index contributed by atoms with van der Waals surface area (Å²) in [5.41, 5.74) is 0. The summed E-state index contributed by atoms with van der Waals surface area (Å²) in [5.74, 6) is 0. The molecule has 0 bridgehead atoms. The van der Waals surface area contributed by atoms with Gasteiger partial charge in [0.25, 0.3) is 6.43 Å². The third kappa shape index (κ3) is 5.91. The van der Waals surface area contributed by atoms with Crippen LogP contribution in [0.3, 0.4) is 0 Å². The van der Waals surface area contributed by atoms with Crippen molar-refractivity contribution in [3.8, 4) is 0 Å². The van der Waals surface area contributed by atoms with Gasteiger partial charge in [-0.3, -0.25) is 0 Å². The lowest BCUT2D eigenvalue weighted by molar-refractivity contribution is 0.0970. The van der Waals surface area contributed by atoms with Gasteiger partial charge in [0.2, 0.25) is 0 Å². The first-order valence-electron chi connectivity index (χ1n) is 3.24. The molecule has 0 amide bonds. The van der Waals surface area contributed by atoms with E-state index in [1.807, 2.05) is 0 Å². The van der Waals surface area contributed by atoms with Gasteiger partial charge < -0.3 is 10.0 Å². The Kier molecular flexibility index (Phi) is 5.43. The van der Waals surface area contributed by atoms with Crippen molar-refractivity contribution in [1.82, 2.24) is 4.90 Å². The minimum absolute atomic E-state index is 0.0631. The van der Waals surface area contributed by atoms with Crippen molar-refractivity contribution in [2.75, 3.05) is 26.7 Å². The fourth-order valence-corrected chi connectivity index (χ4v) is 0.668. The lowest BCUT2D eigenvalue weighted by Crippen LogP contribution is -2.26. The first kappa shape index (κ1) is 9.78. The molecule has 0 radical (unpaired) electrons. The molecule has 0 atom stereocenters. The minimum atomic E-state index is -2.27. The molecule has 4 heteroatoms. The van der Waals surface area contributed by atoms with E-state index < -0.39 is 6.43 Å². The van der Waals surface area contributed by atoms with Gasteiger partial charge in [0.1, 0.15) is 0 Å². The van der Waals surface area contributed by atoms with Crippen LogP contribution in [0.15, 0.2) is 0 Å². The molecule has 0 aliphatic rings.